The summed E-state index contributed by atoms with van der Waals surface area (Å²) in [5, 5.41) is 32.2. The number of nitrogens with one attached hydrogen (secondary N) is 1. The summed E-state index contributed by atoms with van der Waals surface area (Å²) in [7, 11) is 0. The van der Waals surface area contributed by atoms with E-state index in [1.807, 2.05) is 0 Å². The molecule has 0 unspecified atom stereocenters. The van der Waals surface area contributed by atoms with Crippen molar-refractivity contribution in [3.8, 4) is 17.2 Å². The number of phenolic OH excluding ortho intramolecular Hbond substituents is 3. The SMILES string of the molecule is CCCCCCNC(=O)c1cc(CCc2cc(O)ccc2O)ccc1O. The van der Waals surface area contributed by atoms with Crippen molar-refractivity contribution in [1.29, 1.82) is 0 Å². The standard InChI is InChI=1S/C21H27NO4/c1-2-3-4-5-12-22-21(26)18-13-15(7-10-20(18)25)6-8-16-14-17(23)9-11-19(16)24/h7,9-11,13-14,23-25H,2-6,8,12H2,1H3,(H,22,26). The molecule has 0 aromatic heterocycles. The number of amides is 1. The van der Waals surface area contributed by atoms with Gasteiger partial charge in [0.15, 0.2) is 0 Å². The van der Waals surface area contributed by atoms with Gasteiger partial charge in [-0.1, -0.05) is 32.3 Å². The number of hydrogen-bond acceptors (Lipinski definition) is 4. The first-order valence-corrected chi connectivity index (χ1v) is 9.12. The van der Waals surface area contributed by atoms with Gasteiger partial charge in [-0.3, -0.25) is 4.79 Å². The molecule has 0 aliphatic carbocycles. The van der Waals surface area contributed by atoms with E-state index in [9.17, 15) is 20.1 Å². The molecule has 140 valence electrons. The van der Waals surface area contributed by atoms with E-state index in [2.05, 4.69) is 12.2 Å². The lowest BCUT2D eigenvalue weighted by atomic mass is 10.0. The van der Waals surface area contributed by atoms with Gasteiger partial charge in [0.1, 0.15) is 17.2 Å². The van der Waals surface area contributed by atoms with E-state index >= 15 is 0 Å². The third kappa shape index (κ3) is 5.69. The Balaban J connectivity index is 1.97. The topological polar surface area (TPSA) is 89.8 Å². The summed E-state index contributed by atoms with van der Waals surface area (Å²) in [6.45, 7) is 2.73. The monoisotopic (exact) mass is 357 g/mol. The molecule has 0 aliphatic rings. The summed E-state index contributed by atoms with van der Waals surface area (Å²) in [4.78, 5) is 12.3. The Morgan fingerprint density at radius 2 is 1.69 bits per heavy atom. The second-order valence-electron chi connectivity index (χ2n) is 6.48. The zero-order valence-electron chi connectivity index (χ0n) is 15.2. The molecule has 0 saturated heterocycles. The Bertz CT molecular complexity index is 743. The lowest BCUT2D eigenvalue weighted by molar-refractivity contribution is 0.0950. The van der Waals surface area contributed by atoms with Gasteiger partial charge in [0.25, 0.3) is 5.91 Å². The van der Waals surface area contributed by atoms with Gasteiger partial charge in [0.05, 0.1) is 5.56 Å². The molecule has 0 fully saturated rings. The van der Waals surface area contributed by atoms with E-state index in [0.29, 0.717) is 24.9 Å². The van der Waals surface area contributed by atoms with Crippen LogP contribution in [0.3, 0.4) is 0 Å². The number of benzene rings is 2. The predicted octanol–water partition coefficient (Wildman–Crippen LogP) is 3.90. The van der Waals surface area contributed by atoms with E-state index in [4.69, 9.17) is 0 Å². The highest BCUT2D eigenvalue weighted by Crippen LogP contribution is 2.25. The van der Waals surface area contributed by atoms with Crippen LogP contribution in [0.25, 0.3) is 0 Å². The Labute approximate surface area is 154 Å². The highest BCUT2D eigenvalue weighted by molar-refractivity contribution is 5.96. The highest BCUT2D eigenvalue weighted by Gasteiger charge is 2.12. The zero-order valence-corrected chi connectivity index (χ0v) is 15.2. The third-order valence-electron chi connectivity index (χ3n) is 4.37. The van der Waals surface area contributed by atoms with E-state index in [1.54, 1.807) is 12.1 Å². The van der Waals surface area contributed by atoms with Gasteiger partial charge >= 0.3 is 0 Å². The van der Waals surface area contributed by atoms with Gasteiger partial charge in [-0.2, -0.15) is 0 Å². The van der Waals surface area contributed by atoms with Crippen LogP contribution in [0, 0.1) is 0 Å². The van der Waals surface area contributed by atoms with Crippen LogP contribution in [0.4, 0.5) is 0 Å². The smallest absolute Gasteiger partial charge is 0.255 e. The fourth-order valence-corrected chi connectivity index (χ4v) is 2.82. The van der Waals surface area contributed by atoms with Gasteiger partial charge in [0, 0.05) is 6.54 Å². The lowest BCUT2D eigenvalue weighted by Crippen LogP contribution is -2.24. The fraction of sp³-hybridized carbons (Fsp3) is 0.381. The number of carbonyl (C=O) groups excluding carboxylic acids is 1. The van der Waals surface area contributed by atoms with Gasteiger partial charge < -0.3 is 20.6 Å². The average Bonchev–Trinajstić information content (AvgIpc) is 2.63. The number of carbonyl (C=O) groups is 1. The Morgan fingerprint density at radius 1 is 0.923 bits per heavy atom. The summed E-state index contributed by atoms with van der Waals surface area (Å²) < 4.78 is 0. The van der Waals surface area contributed by atoms with E-state index in [1.165, 1.54) is 24.3 Å². The molecule has 1 amide bonds. The van der Waals surface area contributed by atoms with Gasteiger partial charge in [-0.05, 0) is 60.7 Å². The van der Waals surface area contributed by atoms with Gasteiger partial charge in [-0.15, -0.1) is 0 Å². The minimum Gasteiger partial charge on any atom is -0.508 e. The molecular weight excluding hydrogens is 330 g/mol. The number of aromatic hydroxyl groups is 3. The number of hydrogen-bond donors (Lipinski definition) is 4. The Morgan fingerprint density at radius 3 is 2.46 bits per heavy atom. The van der Waals surface area contributed by atoms with E-state index in [-0.39, 0.29) is 28.7 Å². The lowest BCUT2D eigenvalue weighted by Gasteiger charge is -2.10. The molecule has 26 heavy (non-hydrogen) atoms. The van der Waals surface area contributed by atoms with Crippen molar-refractivity contribution in [2.75, 3.05) is 6.54 Å². The molecule has 2 rings (SSSR count). The van der Waals surface area contributed by atoms with Crippen LogP contribution in [0.15, 0.2) is 36.4 Å². The molecule has 2 aromatic carbocycles. The molecular formula is C21H27NO4. The van der Waals surface area contributed by atoms with E-state index < -0.39 is 0 Å². The third-order valence-corrected chi connectivity index (χ3v) is 4.37. The van der Waals surface area contributed by atoms with Crippen LogP contribution in [-0.2, 0) is 12.8 Å². The van der Waals surface area contributed by atoms with Gasteiger partial charge in [0.2, 0.25) is 0 Å². The number of phenols is 3. The molecule has 0 atom stereocenters. The molecule has 0 saturated carbocycles. The molecule has 0 heterocycles. The summed E-state index contributed by atoms with van der Waals surface area (Å²) >= 11 is 0. The summed E-state index contributed by atoms with van der Waals surface area (Å²) in [6.07, 6.45) is 5.40. The van der Waals surface area contributed by atoms with Gasteiger partial charge in [-0.25, -0.2) is 0 Å². The summed E-state index contributed by atoms with van der Waals surface area (Å²) in [6, 6.07) is 9.37. The molecule has 0 spiro atoms. The van der Waals surface area contributed by atoms with Crippen LogP contribution in [0.2, 0.25) is 0 Å². The fourth-order valence-electron chi connectivity index (χ4n) is 2.82. The highest BCUT2D eigenvalue weighted by atomic mass is 16.3. The minimum atomic E-state index is -0.277. The first-order chi connectivity index (χ1) is 12.5. The first kappa shape index (κ1) is 19.6. The molecule has 5 heteroatoms. The summed E-state index contributed by atoms with van der Waals surface area (Å²) in [5.74, 6) is -0.0840. The molecule has 2 aromatic rings. The van der Waals surface area contributed by atoms with Crippen LogP contribution in [0.5, 0.6) is 17.2 Å². The van der Waals surface area contributed by atoms with Crippen molar-refractivity contribution < 1.29 is 20.1 Å². The van der Waals surface area contributed by atoms with Crippen LogP contribution >= 0.6 is 0 Å². The van der Waals surface area contributed by atoms with Crippen molar-refractivity contribution in [1.82, 2.24) is 5.32 Å². The number of unbranched alkanes of at least 4 members (excludes halogenated alkanes) is 3. The van der Waals surface area contributed by atoms with Crippen molar-refractivity contribution in [2.24, 2.45) is 0 Å². The quantitative estimate of drug-likeness (QED) is 0.405. The number of aryl methyl sites for hydroxylation is 2. The predicted molar refractivity (Wildman–Crippen MR) is 102 cm³/mol. The average molecular weight is 357 g/mol. The number of rotatable bonds is 9. The molecule has 5 nitrogen and oxygen atoms in total. The molecule has 0 bridgehead atoms. The zero-order chi connectivity index (χ0) is 18.9. The maximum atomic E-state index is 12.3. The largest absolute Gasteiger partial charge is 0.508 e. The van der Waals surface area contributed by atoms with Crippen LogP contribution in [0.1, 0.15) is 54.1 Å². The molecule has 4 N–H and O–H groups in total. The Kier molecular flexibility index (Phi) is 7.33. The summed E-state index contributed by atoms with van der Waals surface area (Å²) in [5.41, 5.74) is 1.78. The first-order valence-electron chi connectivity index (χ1n) is 9.12. The second-order valence-corrected chi connectivity index (χ2v) is 6.48. The maximum absolute atomic E-state index is 12.3. The molecule has 0 aliphatic heterocycles. The van der Waals surface area contributed by atoms with E-state index in [0.717, 1.165) is 31.2 Å². The van der Waals surface area contributed by atoms with Crippen molar-refractivity contribution in [3.05, 3.63) is 53.1 Å². The van der Waals surface area contributed by atoms with Crippen molar-refractivity contribution in [3.63, 3.8) is 0 Å². The van der Waals surface area contributed by atoms with Crippen molar-refractivity contribution >= 4 is 5.91 Å². The van der Waals surface area contributed by atoms with Crippen LogP contribution in [-0.4, -0.2) is 27.8 Å². The minimum absolute atomic E-state index is 0.0417. The Hall–Kier alpha value is -2.69. The second kappa shape index (κ2) is 9.70. The normalized spacial score (nSPS) is 10.7. The maximum Gasteiger partial charge on any atom is 0.255 e. The van der Waals surface area contributed by atoms with Crippen LogP contribution < -0.4 is 5.32 Å². The molecule has 0 radical (unpaired) electrons. The van der Waals surface area contributed by atoms with Crippen molar-refractivity contribution in [2.45, 2.75) is 45.4 Å².